The fourth-order valence-electron chi connectivity index (χ4n) is 13.0. The van der Waals surface area contributed by atoms with Crippen LogP contribution in [-0.2, 0) is 0 Å². The third-order valence-corrected chi connectivity index (χ3v) is 16.6. The lowest BCUT2D eigenvalue weighted by molar-refractivity contribution is 0.640. The number of hydrogen-bond acceptors (Lipinski definition) is 5. The van der Waals surface area contributed by atoms with Crippen LogP contribution in [0.3, 0.4) is 0 Å². The van der Waals surface area contributed by atoms with Gasteiger partial charge in [-0.25, -0.2) is 9.97 Å². The summed E-state index contributed by atoms with van der Waals surface area (Å²) < 4.78 is 15.4. The Balaban J connectivity index is 0.734. The molecule has 10 aromatic carbocycles. The Kier molecular flexibility index (Phi) is 9.35. The molecule has 17 rings (SSSR count). The largest absolute Gasteiger partial charge is 0.419 e. The second-order valence-electron chi connectivity index (χ2n) is 20.8. The summed E-state index contributed by atoms with van der Waals surface area (Å²) in [5.74, 6) is 0. The molecule has 0 amide bonds. The SMILES string of the molecule is N#Cc1cc(-n2c3ccccc3c3cc(-n4c5ccccc5c5ccccc54)ccc32)ccc1-c1cnc2oc3ncc(-c4ccc(-n5c6ccccc6c6cc(-n7c8ccccc8c8ccccc87)ccc65)cc4C#N)cc3c2c1. The molecular formula is C72H40N8O. The van der Waals surface area contributed by atoms with Gasteiger partial charge in [-0.3, -0.25) is 0 Å². The smallest absolute Gasteiger partial charge is 0.229 e. The van der Waals surface area contributed by atoms with Gasteiger partial charge in [0.15, 0.2) is 0 Å². The summed E-state index contributed by atoms with van der Waals surface area (Å²) in [6.45, 7) is 0. The highest BCUT2D eigenvalue weighted by molar-refractivity contribution is 6.14. The highest BCUT2D eigenvalue weighted by atomic mass is 16.3. The van der Waals surface area contributed by atoms with Crippen molar-refractivity contribution < 1.29 is 4.42 Å². The number of nitriles is 2. The maximum Gasteiger partial charge on any atom is 0.229 e. The molecule has 0 saturated heterocycles. The molecular weight excluding hydrogens is 993 g/mol. The molecule has 0 N–H and O–H groups in total. The molecule has 0 unspecified atom stereocenters. The lowest BCUT2D eigenvalue weighted by Gasteiger charge is -2.12. The monoisotopic (exact) mass is 1030 g/mol. The molecule has 374 valence electrons. The summed E-state index contributed by atoms with van der Waals surface area (Å²) >= 11 is 0. The summed E-state index contributed by atoms with van der Waals surface area (Å²) in [6.07, 6.45) is 3.51. The van der Waals surface area contributed by atoms with E-state index in [1.165, 1.54) is 21.5 Å². The van der Waals surface area contributed by atoms with Gasteiger partial charge >= 0.3 is 0 Å². The quantitative estimate of drug-likeness (QED) is 0.165. The predicted octanol–water partition coefficient (Wildman–Crippen LogP) is 17.8. The van der Waals surface area contributed by atoms with Gasteiger partial charge in [0.2, 0.25) is 11.4 Å². The van der Waals surface area contributed by atoms with Gasteiger partial charge < -0.3 is 22.7 Å². The van der Waals surface area contributed by atoms with Crippen LogP contribution in [0.2, 0.25) is 0 Å². The van der Waals surface area contributed by atoms with E-state index in [1.807, 2.05) is 36.4 Å². The minimum atomic E-state index is 0.433. The third-order valence-electron chi connectivity index (χ3n) is 16.6. The lowest BCUT2D eigenvalue weighted by Crippen LogP contribution is -1.97. The number of fused-ring (bicyclic) bond motifs is 15. The Hall–Kier alpha value is -11.5. The van der Waals surface area contributed by atoms with Gasteiger partial charge in [0, 0.05) is 100 Å². The third kappa shape index (κ3) is 6.46. The van der Waals surface area contributed by atoms with Crippen molar-refractivity contribution in [3.63, 3.8) is 0 Å². The summed E-state index contributed by atoms with van der Waals surface area (Å²) in [4.78, 5) is 9.57. The van der Waals surface area contributed by atoms with E-state index in [9.17, 15) is 10.5 Å². The number of furan rings is 1. The predicted molar refractivity (Wildman–Crippen MR) is 327 cm³/mol. The molecule has 0 aliphatic rings. The number of nitrogens with zero attached hydrogens (tertiary/aromatic N) is 8. The molecule has 7 aromatic heterocycles. The van der Waals surface area contributed by atoms with Crippen molar-refractivity contribution in [2.24, 2.45) is 0 Å². The first-order valence-corrected chi connectivity index (χ1v) is 26.9. The fourth-order valence-corrected chi connectivity index (χ4v) is 13.0. The van der Waals surface area contributed by atoms with Crippen LogP contribution in [-0.4, -0.2) is 28.2 Å². The number of benzene rings is 10. The Bertz CT molecular complexity index is 5200. The van der Waals surface area contributed by atoms with Gasteiger partial charge in [-0.1, -0.05) is 121 Å². The molecule has 9 heteroatoms. The van der Waals surface area contributed by atoms with Gasteiger partial charge in [0.25, 0.3) is 0 Å². The Labute approximate surface area is 461 Å². The second-order valence-corrected chi connectivity index (χ2v) is 20.8. The van der Waals surface area contributed by atoms with Crippen molar-refractivity contribution in [1.82, 2.24) is 28.2 Å². The van der Waals surface area contributed by atoms with Crippen molar-refractivity contribution in [2.45, 2.75) is 0 Å². The highest BCUT2D eigenvalue weighted by Gasteiger charge is 2.22. The standard InChI is InChI=1S/C72H40N8O/c73-39-43-33-47(77-67-23-11-5-17-57(67)59-37-49(27-31-69(59)77)79-63-19-7-1-13-53(63)54-14-2-8-20-64(54)79)25-29-51(43)45-35-61-62-36-46(42-76-72(62)81-71(61)75-41-45)52-30-26-48(34-44(52)40-74)78-68-24-12-6-18-58(68)60-38-50(28-32-70(60)78)80-65-21-9-3-15-55(65)56-16-4-10-22-66(56)80/h1-38,41-42H. The molecule has 0 saturated carbocycles. The average Bonchev–Trinajstić information content (AvgIpc) is 4.41. The molecule has 0 spiro atoms. The first-order valence-electron chi connectivity index (χ1n) is 26.9. The normalized spacial score (nSPS) is 11.9. The Morgan fingerprint density at radius 2 is 0.568 bits per heavy atom. The minimum absolute atomic E-state index is 0.433. The van der Waals surface area contributed by atoms with Crippen LogP contribution in [0.25, 0.3) is 154 Å². The van der Waals surface area contributed by atoms with Crippen molar-refractivity contribution in [3.8, 4) is 57.1 Å². The van der Waals surface area contributed by atoms with Gasteiger partial charge in [-0.05, 0) is 109 Å². The first kappa shape index (κ1) is 44.6. The van der Waals surface area contributed by atoms with E-state index >= 15 is 0 Å². The number of aromatic nitrogens is 6. The molecule has 17 aromatic rings. The number of pyridine rings is 2. The van der Waals surface area contributed by atoms with Gasteiger partial charge in [-0.15, -0.1) is 0 Å². The van der Waals surface area contributed by atoms with Crippen LogP contribution in [0.5, 0.6) is 0 Å². The van der Waals surface area contributed by atoms with Crippen molar-refractivity contribution >= 4 is 109 Å². The molecule has 81 heavy (non-hydrogen) atoms. The van der Waals surface area contributed by atoms with Crippen LogP contribution in [0.1, 0.15) is 11.1 Å². The maximum absolute atomic E-state index is 10.9. The first-order chi connectivity index (χ1) is 40.1. The molecule has 0 atom stereocenters. The molecule has 0 aliphatic heterocycles. The average molecular weight is 1030 g/mol. The molecule has 0 radical (unpaired) electrons. The summed E-state index contributed by atoms with van der Waals surface area (Å²) in [6, 6.07) is 85.8. The zero-order valence-corrected chi connectivity index (χ0v) is 43.1. The van der Waals surface area contributed by atoms with Crippen LogP contribution >= 0.6 is 0 Å². The van der Waals surface area contributed by atoms with E-state index < -0.39 is 0 Å². The highest BCUT2D eigenvalue weighted by Crippen LogP contribution is 2.42. The number of hydrogen-bond donors (Lipinski definition) is 0. The zero-order valence-electron chi connectivity index (χ0n) is 43.1. The summed E-state index contributed by atoms with van der Waals surface area (Å²) in [5.41, 5.74) is 17.7. The maximum atomic E-state index is 10.9. The lowest BCUT2D eigenvalue weighted by atomic mass is 9.98. The Morgan fingerprint density at radius 1 is 0.284 bits per heavy atom. The van der Waals surface area contributed by atoms with E-state index in [-0.39, 0.29) is 0 Å². The van der Waals surface area contributed by atoms with Crippen LogP contribution < -0.4 is 0 Å². The van der Waals surface area contributed by atoms with Crippen molar-refractivity contribution in [2.75, 3.05) is 0 Å². The van der Waals surface area contributed by atoms with E-state index in [2.05, 4.69) is 225 Å². The summed E-state index contributed by atoms with van der Waals surface area (Å²) in [5, 5.41) is 32.6. The topological polar surface area (TPSA) is 106 Å². The van der Waals surface area contributed by atoms with Crippen LogP contribution in [0.4, 0.5) is 0 Å². The number of para-hydroxylation sites is 6. The number of rotatable bonds is 6. The van der Waals surface area contributed by atoms with Crippen molar-refractivity contribution in [3.05, 3.63) is 254 Å². The minimum Gasteiger partial charge on any atom is -0.419 e. The zero-order chi connectivity index (χ0) is 53.4. The van der Waals surface area contributed by atoms with Crippen LogP contribution in [0, 0.1) is 22.7 Å². The molecule has 0 fully saturated rings. The van der Waals surface area contributed by atoms with E-state index in [0.29, 0.717) is 22.6 Å². The Morgan fingerprint density at radius 3 is 0.901 bits per heavy atom. The van der Waals surface area contributed by atoms with Gasteiger partial charge in [0.1, 0.15) is 0 Å². The summed E-state index contributed by atoms with van der Waals surface area (Å²) in [7, 11) is 0. The van der Waals surface area contributed by atoms with E-state index in [0.717, 1.165) is 121 Å². The van der Waals surface area contributed by atoms with E-state index in [1.54, 1.807) is 12.4 Å². The van der Waals surface area contributed by atoms with Gasteiger partial charge in [0.05, 0.1) is 78.2 Å². The van der Waals surface area contributed by atoms with Crippen molar-refractivity contribution in [1.29, 1.82) is 10.5 Å². The molecule has 0 bridgehead atoms. The van der Waals surface area contributed by atoms with Gasteiger partial charge in [-0.2, -0.15) is 10.5 Å². The molecule has 7 heterocycles. The fraction of sp³-hybridized carbons (Fsp3) is 0. The molecule has 0 aliphatic carbocycles. The second kappa shape index (κ2) is 17.0. The van der Waals surface area contributed by atoms with Crippen LogP contribution in [0.15, 0.2) is 247 Å². The molecule has 9 nitrogen and oxygen atoms in total. The van der Waals surface area contributed by atoms with E-state index in [4.69, 9.17) is 14.4 Å².